The molecule has 26 heavy (non-hydrogen) atoms. The van der Waals surface area contributed by atoms with E-state index in [4.69, 9.17) is 9.15 Å². The van der Waals surface area contributed by atoms with Gasteiger partial charge in [-0.15, -0.1) is 0 Å². The number of carbonyl (C=O) groups excluding carboxylic acids is 1. The van der Waals surface area contributed by atoms with Crippen molar-refractivity contribution >= 4 is 11.9 Å². The van der Waals surface area contributed by atoms with E-state index in [1.807, 2.05) is 24.3 Å². The summed E-state index contributed by atoms with van der Waals surface area (Å²) in [6.07, 6.45) is 2.75. The molecular weight excluding hydrogens is 336 g/mol. The minimum Gasteiger partial charge on any atom is -0.497 e. The number of hydrogen-bond donors (Lipinski definition) is 1. The van der Waals surface area contributed by atoms with Gasteiger partial charge in [0.1, 0.15) is 5.75 Å². The fourth-order valence-electron chi connectivity index (χ4n) is 3.04. The maximum Gasteiger partial charge on any atom is 0.311 e. The van der Waals surface area contributed by atoms with Crippen molar-refractivity contribution in [2.75, 3.05) is 20.2 Å². The molecule has 1 aliphatic rings. The van der Waals surface area contributed by atoms with Gasteiger partial charge in [0.25, 0.3) is 0 Å². The molecule has 1 N–H and O–H groups in total. The molecule has 0 saturated carbocycles. The predicted molar refractivity (Wildman–Crippen MR) is 93.8 cm³/mol. The molecular formula is C19H22N2O5. The number of carbonyl (C=O) groups is 2. The van der Waals surface area contributed by atoms with Gasteiger partial charge in [-0.05, 0) is 37.6 Å². The second-order valence-corrected chi connectivity index (χ2v) is 6.78. The largest absolute Gasteiger partial charge is 0.497 e. The van der Waals surface area contributed by atoms with Crippen LogP contribution in [-0.2, 0) is 16.0 Å². The molecule has 1 aromatic heterocycles. The Morgan fingerprint density at radius 3 is 2.69 bits per heavy atom. The average molecular weight is 358 g/mol. The topological polar surface area (TPSA) is 92.9 Å². The zero-order valence-corrected chi connectivity index (χ0v) is 14.9. The minimum absolute atomic E-state index is 0.0702. The average Bonchev–Trinajstić information content (AvgIpc) is 3.27. The molecule has 1 amide bonds. The normalized spacial score (nSPS) is 19.5. The van der Waals surface area contributed by atoms with E-state index in [-0.39, 0.29) is 18.9 Å². The van der Waals surface area contributed by atoms with Crippen molar-refractivity contribution in [3.63, 3.8) is 0 Å². The molecule has 1 fully saturated rings. The van der Waals surface area contributed by atoms with Crippen LogP contribution in [-0.4, -0.2) is 47.1 Å². The number of aromatic nitrogens is 1. The summed E-state index contributed by atoms with van der Waals surface area (Å²) < 4.78 is 10.8. The van der Waals surface area contributed by atoms with Crippen LogP contribution in [0.1, 0.15) is 25.7 Å². The van der Waals surface area contributed by atoms with E-state index in [9.17, 15) is 14.7 Å². The Morgan fingerprint density at radius 1 is 1.35 bits per heavy atom. The highest BCUT2D eigenvalue weighted by molar-refractivity contribution is 5.80. The van der Waals surface area contributed by atoms with Gasteiger partial charge in [0.2, 0.25) is 5.91 Å². The second kappa shape index (κ2) is 7.19. The van der Waals surface area contributed by atoms with E-state index in [1.54, 1.807) is 25.1 Å². The van der Waals surface area contributed by atoms with Gasteiger partial charge in [0, 0.05) is 31.5 Å². The van der Waals surface area contributed by atoms with Gasteiger partial charge < -0.3 is 19.2 Å². The molecule has 1 aliphatic heterocycles. The number of aryl methyl sites for hydroxylation is 1. The van der Waals surface area contributed by atoms with Crippen molar-refractivity contribution < 1.29 is 23.8 Å². The number of aliphatic carboxylic acids is 1. The molecule has 138 valence electrons. The summed E-state index contributed by atoms with van der Waals surface area (Å²) >= 11 is 0. The van der Waals surface area contributed by atoms with Crippen LogP contribution in [0.5, 0.6) is 5.75 Å². The van der Waals surface area contributed by atoms with Crippen LogP contribution in [0.15, 0.2) is 34.9 Å². The minimum atomic E-state index is -0.857. The summed E-state index contributed by atoms with van der Waals surface area (Å²) in [5.74, 6) is 0.959. The first-order valence-electron chi connectivity index (χ1n) is 8.51. The molecule has 0 radical (unpaired) electrons. The quantitative estimate of drug-likeness (QED) is 0.853. The van der Waals surface area contributed by atoms with Crippen molar-refractivity contribution in [2.45, 2.75) is 26.2 Å². The van der Waals surface area contributed by atoms with Crippen molar-refractivity contribution in [1.29, 1.82) is 0 Å². The number of benzene rings is 1. The number of methoxy groups -OCH3 is 1. The van der Waals surface area contributed by atoms with Crippen LogP contribution in [0.2, 0.25) is 0 Å². The molecule has 1 atom stereocenters. The smallest absolute Gasteiger partial charge is 0.311 e. The van der Waals surface area contributed by atoms with E-state index in [1.165, 1.54) is 0 Å². The van der Waals surface area contributed by atoms with E-state index in [0.29, 0.717) is 31.0 Å². The summed E-state index contributed by atoms with van der Waals surface area (Å²) in [5, 5.41) is 9.25. The number of nitrogens with zero attached hydrogens (tertiary/aromatic N) is 2. The highest BCUT2D eigenvalue weighted by Crippen LogP contribution is 2.30. The van der Waals surface area contributed by atoms with Crippen LogP contribution < -0.4 is 4.74 Å². The van der Waals surface area contributed by atoms with Gasteiger partial charge >= 0.3 is 5.97 Å². The first-order valence-corrected chi connectivity index (χ1v) is 8.51. The third-order valence-electron chi connectivity index (χ3n) is 4.82. The standard InChI is InChI=1S/C19H22N2O5/c1-19(18(23)24)9-10-21(12-19)17(22)8-7-16-20-11-15(26-16)13-3-5-14(25-2)6-4-13/h3-6,11H,7-10,12H2,1-2H3,(H,23,24)/t19-/m1/s1. The third-order valence-corrected chi connectivity index (χ3v) is 4.82. The Kier molecular flexibility index (Phi) is 4.97. The maximum atomic E-state index is 12.3. The van der Waals surface area contributed by atoms with E-state index in [0.717, 1.165) is 11.3 Å². The van der Waals surface area contributed by atoms with E-state index >= 15 is 0 Å². The van der Waals surface area contributed by atoms with Crippen LogP contribution >= 0.6 is 0 Å². The van der Waals surface area contributed by atoms with Gasteiger partial charge in [0.15, 0.2) is 11.7 Å². The Labute approximate surface area is 151 Å². The Morgan fingerprint density at radius 2 is 2.08 bits per heavy atom. The van der Waals surface area contributed by atoms with Gasteiger partial charge in [-0.1, -0.05) is 0 Å². The zero-order valence-electron chi connectivity index (χ0n) is 14.9. The molecule has 2 heterocycles. The summed E-state index contributed by atoms with van der Waals surface area (Å²) in [6.45, 7) is 2.41. The third kappa shape index (κ3) is 3.71. The van der Waals surface area contributed by atoms with E-state index in [2.05, 4.69) is 4.98 Å². The molecule has 0 unspecified atom stereocenters. The number of rotatable bonds is 6. The van der Waals surface area contributed by atoms with Crippen molar-refractivity contribution in [1.82, 2.24) is 9.88 Å². The molecule has 7 heteroatoms. The first-order chi connectivity index (χ1) is 12.4. The molecule has 3 rings (SSSR count). The van der Waals surface area contributed by atoms with Crippen molar-refractivity contribution in [2.24, 2.45) is 5.41 Å². The lowest BCUT2D eigenvalue weighted by molar-refractivity contribution is -0.147. The van der Waals surface area contributed by atoms with Gasteiger partial charge in [0.05, 0.1) is 18.7 Å². The Bertz CT molecular complexity index is 799. The molecule has 1 saturated heterocycles. The highest BCUT2D eigenvalue weighted by atomic mass is 16.5. The molecule has 2 aromatic rings. The molecule has 0 bridgehead atoms. The molecule has 7 nitrogen and oxygen atoms in total. The number of hydrogen-bond acceptors (Lipinski definition) is 5. The van der Waals surface area contributed by atoms with Crippen LogP contribution in [0.4, 0.5) is 0 Å². The number of amides is 1. The zero-order chi connectivity index (χ0) is 18.7. The van der Waals surface area contributed by atoms with Crippen molar-refractivity contribution in [3.05, 3.63) is 36.4 Å². The lowest BCUT2D eigenvalue weighted by Crippen LogP contribution is -2.34. The van der Waals surface area contributed by atoms with E-state index < -0.39 is 11.4 Å². The van der Waals surface area contributed by atoms with Crippen molar-refractivity contribution in [3.8, 4) is 17.1 Å². The SMILES string of the molecule is COc1ccc(-c2cnc(CCC(=O)N3CC[C@@](C)(C(=O)O)C3)o2)cc1. The lowest BCUT2D eigenvalue weighted by atomic mass is 9.90. The predicted octanol–water partition coefficient (Wildman–Crippen LogP) is 2.61. The van der Waals surface area contributed by atoms with Crippen LogP contribution in [0.25, 0.3) is 11.3 Å². The number of ether oxygens (including phenoxy) is 1. The Hall–Kier alpha value is -2.83. The number of likely N-dealkylation sites (tertiary alicyclic amines) is 1. The van der Waals surface area contributed by atoms with Crippen LogP contribution in [0.3, 0.4) is 0 Å². The van der Waals surface area contributed by atoms with Gasteiger partial charge in [-0.25, -0.2) is 4.98 Å². The van der Waals surface area contributed by atoms with Gasteiger partial charge in [-0.2, -0.15) is 0 Å². The fourth-order valence-corrected chi connectivity index (χ4v) is 3.04. The first kappa shape index (κ1) is 18.0. The summed E-state index contributed by atoms with van der Waals surface area (Å²) in [5.41, 5.74) is 0.0350. The molecule has 1 aromatic carbocycles. The highest BCUT2D eigenvalue weighted by Gasteiger charge is 2.41. The number of carboxylic acid groups (broad SMARTS) is 1. The number of oxazole rings is 1. The monoisotopic (exact) mass is 358 g/mol. The summed E-state index contributed by atoms with van der Waals surface area (Å²) in [6, 6.07) is 7.44. The maximum absolute atomic E-state index is 12.3. The lowest BCUT2D eigenvalue weighted by Gasteiger charge is -2.19. The molecule has 0 spiro atoms. The second-order valence-electron chi connectivity index (χ2n) is 6.78. The van der Waals surface area contributed by atoms with Crippen LogP contribution in [0, 0.1) is 5.41 Å². The summed E-state index contributed by atoms with van der Waals surface area (Å²) in [4.78, 5) is 29.4. The Balaban J connectivity index is 1.56. The molecule has 0 aliphatic carbocycles. The summed E-state index contributed by atoms with van der Waals surface area (Å²) in [7, 11) is 1.61. The van der Waals surface area contributed by atoms with Gasteiger partial charge in [-0.3, -0.25) is 9.59 Å². The number of carboxylic acids is 1. The fraction of sp³-hybridized carbons (Fsp3) is 0.421.